The van der Waals surface area contributed by atoms with E-state index in [2.05, 4.69) is 21.3 Å². The molecule has 14 nitrogen and oxygen atoms in total. The number of amides is 4. The lowest BCUT2D eigenvalue weighted by atomic mass is 10.0. The number of aliphatic carboxylic acids is 1. The van der Waals surface area contributed by atoms with Gasteiger partial charge >= 0.3 is 18.0 Å². The Bertz CT molecular complexity index is 1130. The number of ether oxygens (including phenoxy) is 3. The molecule has 4 amide bonds. The topological polar surface area (TPSA) is 198 Å². The lowest BCUT2D eigenvalue weighted by Gasteiger charge is -2.26. The highest BCUT2D eigenvalue weighted by atomic mass is 16.6. The van der Waals surface area contributed by atoms with E-state index >= 15 is 0 Å². The van der Waals surface area contributed by atoms with E-state index in [4.69, 9.17) is 19.3 Å². The van der Waals surface area contributed by atoms with Crippen molar-refractivity contribution in [2.75, 3.05) is 26.3 Å². The maximum Gasteiger partial charge on any atom is 0.408 e. The first kappa shape index (κ1) is 38.8. The molecule has 0 unspecified atom stereocenters. The summed E-state index contributed by atoms with van der Waals surface area (Å²) < 4.78 is 15.7. The van der Waals surface area contributed by atoms with Gasteiger partial charge in [-0.25, -0.2) is 9.59 Å². The number of rotatable bonds is 18. The molecule has 0 spiro atoms. The van der Waals surface area contributed by atoms with Crippen LogP contribution in [0.25, 0.3) is 0 Å². The number of carboxylic acid groups (broad SMARTS) is 1. The van der Waals surface area contributed by atoms with Gasteiger partial charge < -0.3 is 40.6 Å². The van der Waals surface area contributed by atoms with Gasteiger partial charge in [-0.2, -0.15) is 0 Å². The minimum absolute atomic E-state index is 0.0774. The summed E-state index contributed by atoms with van der Waals surface area (Å²) in [6.07, 6.45) is 0.221. The van der Waals surface area contributed by atoms with Gasteiger partial charge in [0.15, 0.2) is 0 Å². The zero-order valence-corrected chi connectivity index (χ0v) is 27.0. The summed E-state index contributed by atoms with van der Waals surface area (Å²) in [5.74, 6) is -3.33. The lowest BCUT2D eigenvalue weighted by molar-refractivity contribution is -0.159. The smallest absolute Gasteiger partial charge is 0.408 e. The van der Waals surface area contributed by atoms with Crippen LogP contribution < -0.4 is 21.3 Å². The first-order chi connectivity index (χ1) is 20.9. The summed E-state index contributed by atoms with van der Waals surface area (Å²) in [5, 5.41) is 19.0. The minimum Gasteiger partial charge on any atom is -0.481 e. The Morgan fingerprint density at radius 2 is 1.44 bits per heavy atom. The summed E-state index contributed by atoms with van der Waals surface area (Å²) in [7, 11) is 0. The Morgan fingerprint density at radius 1 is 0.800 bits per heavy atom. The average Bonchev–Trinajstić information content (AvgIpc) is 2.91. The molecule has 0 saturated carbocycles. The highest BCUT2D eigenvalue weighted by Crippen LogP contribution is 2.13. The van der Waals surface area contributed by atoms with Gasteiger partial charge in [-0.05, 0) is 66.4 Å². The first-order valence-electron chi connectivity index (χ1n) is 14.8. The monoisotopic (exact) mass is 636 g/mol. The molecule has 0 bridgehead atoms. The van der Waals surface area contributed by atoms with E-state index in [1.54, 1.807) is 65.8 Å². The third-order valence-corrected chi connectivity index (χ3v) is 5.67. The van der Waals surface area contributed by atoms with E-state index in [-0.39, 0.29) is 39.0 Å². The fourth-order valence-electron chi connectivity index (χ4n) is 3.74. The van der Waals surface area contributed by atoms with Crippen LogP contribution in [-0.4, -0.2) is 90.4 Å². The van der Waals surface area contributed by atoms with Crippen molar-refractivity contribution in [3.05, 3.63) is 35.9 Å². The third kappa shape index (κ3) is 19.6. The molecule has 1 aromatic carbocycles. The van der Waals surface area contributed by atoms with E-state index in [0.717, 1.165) is 5.56 Å². The second-order valence-electron chi connectivity index (χ2n) is 12.3. The second-order valence-corrected chi connectivity index (χ2v) is 12.3. The Labute approximate surface area is 264 Å². The van der Waals surface area contributed by atoms with Crippen molar-refractivity contribution < 1.29 is 48.1 Å². The van der Waals surface area contributed by atoms with Crippen molar-refractivity contribution in [3.8, 4) is 0 Å². The number of carbonyl (C=O) groups excluding carboxylic acids is 5. The van der Waals surface area contributed by atoms with E-state index < -0.39 is 65.6 Å². The van der Waals surface area contributed by atoms with Crippen LogP contribution >= 0.6 is 0 Å². The molecule has 0 radical (unpaired) electrons. The van der Waals surface area contributed by atoms with Crippen LogP contribution in [0.1, 0.15) is 72.8 Å². The molecule has 0 saturated heterocycles. The number of carboxylic acids is 1. The summed E-state index contributed by atoms with van der Waals surface area (Å²) in [5.41, 5.74) is -0.815. The number of unbranched alkanes of at least 4 members (excludes halogenated alkanes) is 1. The van der Waals surface area contributed by atoms with Crippen LogP contribution in [0.4, 0.5) is 4.79 Å². The van der Waals surface area contributed by atoms with Gasteiger partial charge in [0.05, 0.1) is 13.0 Å². The highest BCUT2D eigenvalue weighted by molar-refractivity contribution is 5.92. The molecule has 0 aliphatic rings. The van der Waals surface area contributed by atoms with Crippen LogP contribution in [-0.2, 0) is 44.6 Å². The Hall–Kier alpha value is -4.20. The van der Waals surface area contributed by atoms with E-state index in [9.17, 15) is 28.8 Å². The Morgan fingerprint density at radius 3 is 2.04 bits per heavy atom. The second kappa shape index (κ2) is 19.2. The fourth-order valence-corrected chi connectivity index (χ4v) is 3.74. The first-order valence-corrected chi connectivity index (χ1v) is 14.8. The fraction of sp³-hybridized carbons (Fsp3) is 0.613. The number of hydrogen-bond acceptors (Lipinski definition) is 9. The van der Waals surface area contributed by atoms with Gasteiger partial charge in [0.2, 0.25) is 17.7 Å². The molecular weight excluding hydrogens is 588 g/mol. The Balaban J connectivity index is 2.85. The highest BCUT2D eigenvalue weighted by Gasteiger charge is 2.30. The summed E-state index contributed by atoms with van der Waals surface area (Å²) in [6.45, 7) is 9.66. The van der Waals surface area contributed by atoms with Crippen molar-refractivity contribution in [2.45, 2.75) is 96.9 Å². The standard InChI is InChI=1S/C31H48N4O10/c1-30(2,3)44-28(41)22(14-10-11-16-32-25(37)20-43-17-15-26(38)39)35-27(40)23(18-21-12-8-7-9-13-21)34-24(36)19-33-29(42)45-31(4,5)6/h7-9,12-13,22-23H,10-11,14-20H2,1-6H3,(H,32,37)(H,33,42)(H,34,36)(H,35,40)(H,38,39)/t22-,23-/m0/s1. The lowest BCUT2D eigenvalue weighted by Crippen LogP contribution is -2.54. The maximum absolute atomic E-state index is 13.5. The van der Waals surface area contributed by atoms with Crippen molar-refractivity contribution in [1.29, 1.82) is 0 Å². The molecule has 1 rings (SSSR count). The number of alkyl carbamates (subject to hydrolysis) is 1. The molecule has 0 aliphatic carbocycles. The van der Waals surface area contributed by atoms with Gasteiger partial charge in [-0.1, -0.05) is 30.3 Å². The van der Waals surface area contributed by atoms with E-state index in [1.165, 1.54) is 0 Å². The molecule has 0 aromatic heterocycles. The molecule has 1 aromatic rings. The number of carbonyl (C=O) groups is 6. The number of benzene rings is 1. The van der Waals surface area contributed by atoms with Crippen LogP contribution in [0.2, 0.25) is 0 Å². The normalized spacial score (nSPS) is 12.7. The zero-order chi connectivity index (χ0) is 34.0. The van der Waals surface area contributed by atoms with Gasteiger partial charge in [0.25, 0.3) is 0 Å². The van der Waals surface area contributed by atoms with Crippen molar-refractivity contribution >= 4 is 35.8 Å². The van der Waals surface area contributed by atoms with Crippen molar-refractivity contribution in [2.24, 2.45) is 0 Å². The third-order valence-electron chi connectivity index (χ3n) is 5.67. The predicted molar refractivity (Wildman–Crippen MR) is 164 cm³/mol. The summed E-state index contributed by atoms with van der Waals surface area (Å²) in [4.78, 5) is 73.6. The van der Waals surface area contributed by atoms with Crippen LogP contribution in [0.15, 0.2) is 30.3 Å². The predicted octanol–water partition coefficient (Wildman–Crippen LogP) is 1.84. The maximum atomic E-state index is 13.5. The van der Waals surface area contributed by atoms with Gasteiger partial charge in [0, 0.05) is 13.0 Å². The molecule has 252 valence electrons. The largest absolute Gasteiger partial charge is 0.481 e. The van der Waals surface area contributed by atoms with Gasteiger partial charge in [0.1, 0.15) is 36.4 Å². The number of esters is 1. The quantitative estimate of drug-likeness (QED) is 0.117. The van der Waals surface area contributed by atoms with Gasteiger partial charge in [-0.3, -0.25) is 19.2 Å². The van der Waals surface area contributed by atoms with Crippen LogP contribution in [0.5, 0.6) is 0 Å². The molecule has 2 atom stereocenters. The molecule has 45 heavy (non-hydrogen) atoms. The SMILES string of the molecule is CC(C)(C)OC(=O)NCC(=O)N[C@@H](Cc1ccccc1)C(=O)N[C@@H](CCCCNC(=O)COCCC(=O)O)C(=O)OC(C)(C)C. The van der Waals surface area contributed by atoms with E-state index in [1.807, 2.05) is 6.07 Å². The molecule has 0 heterocycles. The zero-order valence-electron chi connectivity index (χ0n) is 27.0. The van der Waals surface area contributed by atoms with Gasteiger partial charge in [-0.15, -0.1) is 0 Å². The van der Waals surface area contributed by atoms with Crippen molar-refractivity contribution in [1.82, 2.24) is 21.3 Å². The molecular formula is C31H48N4O10. The minimum atomic E-state index is -1.08. The average molecular weight is 637 g/mol. The van der Waals surface area contributed by atoms with Crippen LogP contribution in [0.3, 0.4) is 0 Å². The molecule has 14 heteroatoms. The molecule has 5 N–H and O–H groups in total. The molecule has 0 aliphatic heterocycles. The number of nitrogens with one attached hydrogen (secondary N) is 4. The summed E-state index contributed by atoms with van der Waals surface area (Å²) >= 11 is 0. The van der Waals surface area contributed by atoms with Crippen LogP contribution in [0, 0.1) is 0 Å². The van der Waals surface area contributed by atoms with E-state index in [0.29, 0.717) is 12.8 Å². The van der Waals surface area contributed by atoms with Crippen molar-refractivity contribution in [3.63, 3.8) is 0 Å². The Kier molecular flexibility index (Phi) is 16.6. The summed E-state index contributed by atoms with van der Waals surface area (Å²) in [6, 6.07) is 6.87. The molecule has 0 fully saturated rings. The number of hydrogen-bond donors (Lipinski definition) is 5.